The van der Waals surface area contributed by atoms with Crippen LogP contribution in [0.5, 0.6) is 0 Å². The molecule has 3 aromatic heterocycles. The van der Waals surface area contributed by atoms with Crippen molar-refractivity contribution in [2.75, 3.05) is 19.6 Å². The van der Waals surface area contributed by atoms with Gasteiger partial charge in [-0.2, -0.15) is 0 Å². The minimum absolute atomic E-state index is 0.0121. The van der Waals surface area contributed by atoms with Crippen LogP contribution in [0.4, 0.5) is 0 Å². The molecule has 4 heterocycles. The first kappa shape index (κ1) is 31.8. The number of carbonyl (C=O) groups excluding carboxylic acids is 3. The largest absolute Gasteiger partial charge is 0.446 e. The third kappa shape index (κ3) is 8.68. The van der Waals surface area contributed by atoms with Crippen molar-refractivity contribution in [3.05, 3.63) is 53.5 Å². The molecule has 1 aliphatic rings. The van der Waals surface area contributed by atoms with E-state index in [1.54, 1.807) is 0 Å². The summed E-state index contributed by atoms with van der Waals surface area (Å²) < 4.78 is 16.7. The Morgan fingerprint density at radius 3 is 1.07 bits per heavy atom. The second-order valence-electron chi connectivity index (χ2n) is 9.58. The van der Waals surface area contributed by atoms with Gasteiger partial charge in [-0.15, -0.1) is 0 Å². The molecule has 4 rings (SSSR count). The Bertz CT molecular complexity index is 1410. The van der Waals surface area contributed by atoms with Crippen LogP contribution in [0.25, 0.3) is 0 Å². The van der Waals surface area contributed by atoms with E-state index in [-0.39, 0.29) is 91.5 Å². The number of hydrogen-bond donors (Lipinski definition) is 9. The summed E-state index contributed by atoms with van der Waals surface area (Å²) in [6.07, 6.45) is 3.72. The van der Waals surface area contributed by atoms with Crippen LogP contribution in [0.1, 0.15) is 86.5 Å². The quantitative estimate of drug-likeness (QED) is 0.0865. The molecule has 6 bridgehead atoms. The molecule has 45 heavy (non-hydrogen) atoms. The van der Waals surface area contributed by atoms with E-state index in [9.17, 15) is 14.4 Å². The minimum atomic E-state index is -0.898. The highest BCUT2D eigenvalue weighted by atomic mass is 16.4. The number of nitrogens with zero attached hydrogens (tertiary/aromatic N) is 6. The summed E-state index contributed by atoms with van der Waals surface area (Å²) in [5.41, 5.74) is 32.3. The number of fused-ring (bicyclic) bond motifs is 6. The van der Waals surface area contributed by atoms with E-state index in [1.165, 1.54) is 0 Å². The van der Waals surface area contributed by atoms with E-state index >= 15 is 0 Å². The summed E-state index contributed by atoms with van der Waals surface area (Å²) >= 11 is 0. The molecule has 0 radical (unpaired) electrons. The average Bonchev–Trinajstić information content (AvgIpc) is 3.75. The highest BCUT2D eigenvalue weighted by Gasteiger charge is 2.29. The van der Waals surface area contributed by atoms with E-state index in [4.69, 9.17) is 47.7 Å². The Morgan fingerprint density at radius 2 is 0.822 bits per heavy atom. The number of amides is 3. The highest BCUT2D eigenvalue weighted by molar-refractivity contribution is 5.94. The van der Waals surface area contributed by atoms with Crippen LogP contribution in [0, 0.1) is 0 Å². The molecule has 21 heteroatoms. The number of guanidine groups is 3. The second-order valence-corrected chi connectivity index (χ2v) is 9.58. The average molecular weight is 628 g/mol. The van der Waals surface area contributed by atoms with Gasteiger partial charge >= 0.3 is 0 Å². The lowest BCUT2D eigenvalue weighted by molar-refractivity contribution is 0.0917. The second kappa shape index (κ2) is 14.3. The van der Waals surface area contributed by atoms with E-state index in [0.29, 0.717) is 0 Å². The van der Waals surface area contributed by atoms with Gasteiger partial charge in [-0.05, 0) is 19.3 Å². The summed E-state index contributed by atoms with van der Waals surface area (Å²) in [6.45, 7) is 0.249. The smallest absolute Gasteiger partial charge is 0.273 e. The maximum Gasteiger partial charge on any atom is 0.273 e. The fraction of sp³-hybridized carbons (Fsp3) is 0.375. The van der Waals surface area contributed by atoms with Crippen molar-refractivity contribution in [1.82, 2.24) is 30.9 Å². The monoisotopic (exact) mass is 627 g/mol. The predicted octanol–water partition coefficient (Wildman–Crippen LogP) is -2.63. The van der Waals surface area contributed by atoms with Crippen LogP contribution in [-0.2, 0) is 0 Å². The van der Waals surface area contributed by atoms with Gasteiger partial charge < -0.3 is 63.6 Å². The number of nitrogens with two attached hydrogens (primary N) is 6. The van der Waals surface area contributed by atoms with Crippen molar-refractivity contribution in [1.29, 1.82) is 0 Å². The summed E-state index contributed by atoms with van der Waals surface area (Å²) in [5, 5.41) is 8.17. The SMILES string of the molecule is NC(N)=NCC[C@@H]1NC(=O)c2coc(n2)[C@H](CCN=C(N)N)NC(=O)c2coc(n2)[C@H](CCN=C(N)N)NC(=O)c2coc1n2. The normalized spacial score (nSPS) is 18.4. The van der Waals surface area contributed by atoms with Gasteiger partial charge in [0.1, 0.15) is 36.9 Å². The lowest BCUT2D eigenvalue weighted by Gasteiger charge is -2.15. The van der Waals surface area contributed by atoms with Crippen molar-refractivity contribution in [2.24, 2.45) is 49.4 Å². The van der Waals surface area contributed by atoms with Crippen molar-refractivity contribution >= 4 is 35.6 Å². The van der Waals surface area contributed by atoms with Crippen LogP contribution in [0.2, 0.25) is 0 Å². The van der Waals surface area contributed by atoms with Gasteiger partial charge in [0.2, 0.25) is 17.7 Å². The van der Waals surface area contributed by atoms with Crippen LogP contribution in [0.15, 0.2) is 47.0 Å². The molecular weight excluding hydrogens is 594 g/mol. The van der Waals surface area contributed by atoms with Crippen molar-refractivity contribution in [3.63, 3.8) is 0 Å². The number of oxazole rings is 3. The topological polar surface area (TPSA) is 359 Å². The van der Waals surface area contributed by atoms with Crippen molar-refractivity contribution < 1.29 is 27.6 Å². The molecule has 0 aliphatic carbocycles. The fourth-order valence-electron chi connectivity index (χ4n) is 4.09. The molecule has 240 valence electrons. The molecule has 3 amide bonds. The Labute approximate surface area is 254 Å². The summed E-state index contributed by atoms with van der Waals surface area (Å²) in [4.78, 5) is 64.2. The molecule has 0 fully saturated rings. The van der Waals surface area contributed by atoms with Gasteiger partial charge in [0.15, 0.2) is 35.0 Å². The Balaban J connectivity index is 1.73. The zero-order valence-electron chi connectivity index (χ0n) is 23.8. The lowest BCUT2D eigenvalue weighted by Crippen LogP contribution is -2.32. The zero-order chi connectivity index (χ0) is 32.5. The summed E-state index contributed by atoms with van der Waals surface area (Å²) in [7, 11) is 0. The third-order valence-corrected chi connectivity index (χ3v) is 6.21. The molecule has 21 nitrogen and oxygen atoms in total. The molecule has 1 aliphatic heterocycles. The van der Waals surface area contributed by atoms with E-state index in [1.807, 2.05) is 0 Å². The molecular formula is C24H33N15O6. The van der Waals surface area contributed by atoms with Crippen molar-refractivity contribution in [2.45, 2.75) is 37.4 Å². The van der Waals surface area contributed by atoms with Crippen LogP contribution in [0.3, 0.4) is 0 Å². The van der Waals surface area contributed by atoms with E-state index in [2.05, 4.69) is 45.9 Å². The van der Waals surface area contributed by atoms with Gasteiger partial charge in [0.05, 0.1) is 0 Å². The maximum absolute atomic E-state index is 13.2. The number of aliphatic imine (C=N–C) groups is 3. The van der Waals surface area contributed by atoms with Gasteiger partial charge in [-0.25, -0.2) is 15.0 Å². The Kier molecular flexibility index (Phi) is 10.1. The molecule has 0 saturated carbocycles. The Morgan fingerprint density at radius 1 is 0.556 bits per heavy atom. The lowest BCUT2D eigenvalue weighted by atomic mass is 10.2. The van der Waals surface area contributed by atoms with Gasteiger partial charge in [-0.1, -0.05) is 0 Å². The van der Waals surface area contributed by atoms with E-state index in [0.717, 1.165) is 18.8 Å². The molecule has 0 spiro atoms. The molecule has 3 atom stereocenters. The highest BCUT2D eigenvalue weighted by Crippen LogP contribution is 2.23. The van der Waals surface area contributed by atoms with Gasteiger partial charge in [-0.3, -0.25) is 29.4 Å². The molecule has 0 aromatic carbocycles. The first-order chi connectivity index (χ1) is 21.5. The molecule has 0 unspecified atom stereocenters. The number of hydrogen-bond acceptors (Lipinski definition) is 12. The predicted molar refractivity (Wildman–Crippen MR) is 156 cm³/mol. The zero-order valence-corrected chi connectivity index (χ0v) is 23.8. The van der Waals surface area contributed by atoms with Gasteiger partial charge in [0.25, 0.3) is 17.7 Å². The van der Waals surface area contributed by atoms with Gasteiger partial charge in [0, 0.05) is 19.6 Å². The van der Waals surface area contributed by atoms with Crippen molar-refractivity contribution in [3.8, 4) is 0 Å². The van der Waals surface area contributed by atoms with Crippen LogP contribution in [-0.4, -0.2) is 70.2 Å². The van der Waals surface area contributed by atoms with E-state index < -0.39 is 35.8 Å². The minimum Gasteiger partial charge on any atom is -0.446 e. The number of rotatable bonds is 9. The van der Waals surface area contributed by atoms with Crippen LogP contribution >= 0.6 is 0 Å². The summed E-state index contributed by atoms with van der Waals surface area (Å²) in [6, 6.07) is -2.69. The first-order valence-electron chi connectivity index (χ1n) is 13.4. The number of aromatic nitrogens is 3. The molecule has 0 saturated heterocycles. The standard InChI is InChI=1S/C24H33N15O6/c25-22(26)31-4-1-10-19-37-14(7-43-19)17(41)35-12(3-6-33-24(29)30)21-39-15(9-45-21)18(42)36-11(2-5-32-23(27)28)20-38-13(8-44-20)16(40)34-10/h7-12H,1-6H2,(H,34,40)(H,35,41)(H,36,42)(H4,25,26,31)(H4,27,28,32)(H4,29,30,33)/t10-,11-,12-/m0/s1. The maximum atomic E-state index is 13.2. The fourth-order valence-corrected chi connectivity index (χ4v) is 4.09. The first-order valence-corrected chi connectivity index (χ1v) is 13.4. The Hall–Kier alpha value is -6.15. The molecule has 15 N–H and O–H groups in total. The third-order valence-electron chi connectivity index (χ3n) is 6.21. The number of carbonyl (C=O) groups is 3. The summed E-state index contributed by atoms with van der Waals surface area (Å²) in [5.74, 6) is -2.56. The molecule has 3 aromatic rings. The number of nitrogens with one attached hydrogen (secondary N) is 3. The van der Waals surface area contributed by atoms with Crippen LogP contribution < -0.4 is 50.4 Å².